The first-order chi connectivity index (χ1) is 10.5. The van der Waals surface area contributed by atoms with Gasteiger partial charge < -0.3 is 20.6 Å². The smallest absolute Gasteiger partial charge is 0.277 e. The van der Waals surface area contributed by atoms with E-state index in [0.29, 0.717) is 11.6 Å². The van der Waals surface area contributed by atoms with Crippen molar-refractivity contribution in [2.24, 2.45) is 5.73 Å². The molecule has 1 heterocycles. The topological polar surface area (TPSA) is 101 Å². The lowest BCUT2D eigenvalue weighted by Crippen LogP contribution is -2.16. The molecule has 22 heavy (non-hydrogen) atoms. The van der Waals surface area contributed by atoms with Crippen LogP contribution in [0.25, 0.3) is 0 Å². The Morgan fingerprint density at radius 1 is 1.41 bits per heavy atom. The molecule has 0 saturated carbocycles. The molecule has 2 unspecified atom stereocenters. The molecule has 0 spiro atoms. The number of hydrogen-bond donors (Lipinski definition) is 3. The summed E-state index contributed by atoms with van der Waals surface area (Å²) in [6, 6.07) is 7.00. The fourth-order valence-electron chi connectivity index (χ4n) is 1.97. The predicted octanol–water partition coefficient (Wildman–Crippen LogP) is 2.43. The zero-order chi connectivity index (χ0) is 16.1. The Morgan fingerprint density at radius 3 is 2.68 bits per heavy atom. The summed E-state index contributed by atoms with van der Waals surface area (Å²) in [5.74, 6) is 0.249. The number of nitrogens with one attached hydrogen (secondary N) is 1. The number of carbonyl (C=O) groups excluding carboxylic acids is 1. The highest BCUT2D eigenvalue weighted by Gasteiger charge is 2.16. The zero-order valence-corrected chi connectivity index (χ0v) is 12.7. The van der Waals surface area contributed by atoms with Gasteiger partial charge in [0.15, 0.2) is 5.69 Å². The van der Waals surface area contributed by atoms with Gasteiger partial charge in [-0.2, -0.15) is 0 Å². The van der Waals surface area contributed by atoms with Crippen LogP contribution in [-0.2, 0) is 0 Å². The Labute approximate surface area is 129 Å². The summed E-state index contributed by atoms with van der Waals surface area (Å²) in [6.07, 6.45) is 2.30. The maximum atomic E-state index is 12.1. The van der Waals surface area contributed by atoms with Crippen LogP contribution in [0.1, 0.15) is 54.2 Å². The first kappa shape index (κ1) is 16.2. The van der Waals surface area contributed by atoms with Gasteiger partial charge in [-0.3, -0.25) is 4.79 Å². The summed E-state index contributed by atoms with van der Waals surface area (Å²) in [4.78, 5) is 16.0. The van der Waals surface area contributed by atoms with E-state index in [0.717, 1.165) is 6.42 Å². The molecule has 2 atom stereocenters. The maximum Gasteiger partial charge on any atom is 0.277 e. The number of aliphatic hydroxyl groups excluding tert-OH is 1. The fraction of sp³-hybridized carbons (Fsp3) is 0.375. The van der Waals surface area contributed by atoms with Crippen LogP contribution in [-0.4, -0.2) is 22.6 Å². The molecular weight excluding hydrogens is 282 g/mol. The van der Waals surface area contributed by atoms with Crippen LogP contribution in [0.2, 0.25) is 0 Å². The van der Waals surface area contributed by atoms with Crippen molar-refractivity contribution in [2.45, 2.75) is 32.2 Å². The molecule has 6 heteroatoms. The molecule has 6 nitrogen and oxygen atoms in total. The molecule has 0 saturated heterocycles. The van der Waals surface area contributed by atoms with Crippen molar-refractivity contribution in [3.8, 4) is 0 Å². The summed E-state index contributed by atoms with van der Waals surface area (Å²) in [7, 11) is 0. The highest BCUT2D eigenvalue weighted by atomic mass is 16.3. The van der Waals surface area contributed by atoms with Crippen molar-refractivity contribution >= 4 is 11.6 Å². The second-order valence-electron chi connectivity index (χ2n) is 5.25. The number of nitrogens with two attached hydrogens (primary N) is 1. The van der Waals surface area contributed by atoms with Crippen molar-refractivity contribution in [2.75, 3.05) is 11.9 Å². The summed E-state index contributed by atoms with van der Waals surface area (Å²) in [6.45, 7) is 4.01. The van der Waals surface area contributed by atoms with Gasteiger partial charge in [0, 0.05) is 5.69 Å². The first-order valence-corrected chi connectivity index (χ1v) is 7.28. The molecule has 4 N–H and O–H groups in total. The van der Waals surface area contributed by atoms with Gasteiger partial charge in [0.05, 0.1) is 6.61 Å². The minimum Gasteiger partial charge on any atom is -0.446 e. The van der Waals surface area contributed by atoms with E-state index in [1.165, 1.54) is 11.8 Å². The quantitative estimate of drug-likeness (QED) is 0.760. The normalized spacial score (nSPS) is 13.6. The van der Waals surface area contributed by atoms with E-state index in [1.54, 1.807) is 0 Å². The first-order valence-electron chi connectivity index (χ1n) is 7.28. The predicted molar refractivity (Wildman–Crippen MR) is 83.6 cm³/mol. The van der Waals surface area contributed by atoms with Crippen LogP contribution < -0.4 is 11.1 Å². The van der Waals surface area contributed by atoms with Gasteiger partial charge in [0.2, 0.25) is 5.89 Å². The average Bonchev–Trinajstić information content (AvgIpc) is 3.04. The third-order valence-electron chi connectivity index (χ3n) is 3.62. The van der Waals surface area contributed by atoms with Crippen LogP contribution >= 0.6 is 0 Å². The van der Waals surface area contributed by atoms with Crippen molar-refractivity contribution in [1.82, 2.24) is 4.98 Å². The van der Waals surface area contributed by atoms with Gasteiger partial charge in [0.1, 0.15) is 12.3 Å². The summed E-state index contributed by atoms with van der Waals surface area (Å²) >= 11 is 0. The molecular formula is C16H21N3O3. The number of hydrogen-bond acceptors (Lipinski definition) is 5. The zero-order valence-electron chi connectivity index (χ0n) is 12.7. The van der Waals surface area contributed by atoms with E-state index < -0.39 is 6.04 Å². The number of rotatable bonds is 6. The van der Waals surface area contributed by atoms with Crippen LogP contribution in [0.15, 0.2) is 34.9 Å². The Bertz CT molecular complexity index is 622. The molecule has 0 aliphatic rings. The summed E-state index contributed by atoms with van der Waals surface area (Å²) < 4.78 is 5.08. The SMILES string of the molecule is CCC(C)c1ccc(NC(=O)c2coc(C(N)CO)n2)cc1. The summed E-state index contributed by atoms with van der Waals surface area (Å²) in [5, 5.41) is 11.7. The van der Waals surface area contributed by atoms with Gasteiger partial charge in [-0.05, 0) is 30.0 Å². The number of amides is 1. The van der Waals surface area contributed by atoms with Crippen LogP contribution in [0.5, 0.6) is 0 Å². The Balaban J connectivity index is 2.04. The van der Waals surface area contributed by atoms with Gasteiger partial charge >= 0.3 is 0 Å². The minimum absolute atomic E-state index is 0.130. The maximum absolute atomic E-state index is 12.1. The number of carbonyl (C=O) groups is 1. The standard InChI is InChI=1S/C16H21N3O3/c1-3-10(2)11-4-6-12(7-5-11)18-15(21)14-9-22-16(19-14)13(17)8-20/h4-7,9-10,13,20H,3,8,17H2,1-2H3,(H,18,21). The highest BCUT2D eigenvalue weighted by Crippen LogP contribution is 2.21. The number of aliphatic hydroxyl groups is 1. The van der Waals surface area contributed by atoms with E-state index in [2.05, 4.69) is 24.1 Å². The number of oxazole rings is 1. The monoisotopic (exact) mass is 303 g/mol. The third-order valence-corrected chi connectivity index (χ3v) is 3.62. The Hall–Kier alpha value is -2.18. The van der Waals surface area contributed by atoms with Gasteiger partial charge in [-0.1, -0.05) is 26.0 Å². The number of anilines is 1. The van der Waals surface area contributed by atoms with Crippen LogP contribution in [0, 0.1) is 0 Å². The summed E-state index contributed by atoms with van der Waals surface area (Å²) in [5.41, 5.74) is 7.63. The van der Waals surface area contributed by atoms with Crippen molar-refractivity contribution in [3.05, 3.63) is 47.7 Å². The average molecular weight is 303 g/mol. The van der Waals surface area contributed by atoms with E-state index >= 15 is 0 Å². The molecule has 0 fully saturated rings. The Morgan fingerprint density at radius 2 is 2.09 bits per heavy atom. The third kappa shape index (κ3) is 3.72. The lowest BCUT2D eigenvalue weighted by molar-refractivity contribution is 0.102. The lowest BCUT2D eigenvalue weighted by atomic mass is 9.99. The minimum atomic E-state index is -0.726. The van der Waals surface area contributed by atoms with Crippen molar-refractivity contribution in [1.29, 1.82) is 0 Å². The number of nitrogens with zero attached hydrogens (tertiary/aromatic N) is 1. The molecule has 118 valence electrons. The van der Waals surface area contributed by atoms with Gasteiger partial charge in [-0.15, -0.1) is 0 Å². The van der Waals surface area contributed by atoms with Crippen LogP contribution in [0.3, 0.4) is 0 Å². The molecule has 1 aromatic heterocycles. The number of aromatic nitrogens is 1. The van der Waals surface area contributed by atoms with Crippen molar-refractivity contribution in [3.63, 3.8) is 0 Å². The van der Waals surface area contributed by atoms with E-state index in [1.807, 2.05) is 24.3 Å². The molecule has 2 rings (SSSR count). The number of benzene rings is 1. The molecule has 0 aliphatic carbocycles. The molecule has 0 aliphatic heterocycles. The lowest BCUT2D eigenvalue weighted by Gasteiger charge is -2.10. The highest BCUT2D eigenvalue weighted by molar-refractivity contribution is 6.02. The van der Waals surface area contributed by atoms with E-state index in [9.17, 15) is 4.79 Å². The molecule has 1 amide bonds. The largest absolute Gasteiger partial charge is 0.446 e. The second-order valence-corrected chi connectivity index (χ2v) is 5.25. The van der Waals surface area contributed by atoms with Gasteiger partial charge in [-0.25, -0.2) is 4.98 Å². The molecule has 0 bridgehead atoms. The fourth-order valence-corrected chi connectivity index (χ4v) is 1.97. The molecule has 0 radical (unpaired) electrons. The second kappa shape index (κ2) is 7.20. The molecule has 2 aromatic rings. The molecule has 1 aromatic carbocycles. The van der Waals surface area contributed by atoms with E-state index in [-0.39, 0.29) is 24.1 Å². The Kier molecular flexibility index (Phi) is 5.30. The van der Waals surface area contributed by atoms with Crippen LogP contribution in [0.4, 0.5) is 5.69 Å². The van der Waals surface area contributed by atoms with Crippen molar-refractivity contribution < 1.29 is 14.3 Å². The van der Waals surface area contributed by atoms with E-state index in [4.69, 9.17) is 15.3 Å². The van der Waals surface area contributed by atoms with Gasteiger partial charge in [0.25, 0.3) is 5.91 Å².